The van der Waals surface area contributed by atoms with Gasteiger partial charge in [-0.2, -0.15) is 0 Å². The number of aliphatic hydroxyl groups excluding tert-OH is 1. The third kappa shape index (κ3) is 5.67. The number of benzene rings is 1. The molecule has 0 aliphatic carbocycles. The van der Waals surface area contributed by atoms with E-state index in [0.717, 1.165) is 10.5 Å². The molecule has 0 fully saturated rings. The molecule has 1 unspecified atom stereocenters. The van der Waals surface area contributed by atoms with Gasteiger partial charge >= 0.3 is 0 Å². The molecule has 0 aliphatic heterocycles. The molecule has 1 aromatic rings. The van der Waals surface area contributed by atoms with Crippen LogP contribution in [0.1, 0.15) is 26.3 Å². The highest BCUT2D eigenvalue weighted by atomic mass is 32.2. The van der Waals surface area contributed by atoms with E-state index in [0.29, 0.717) is 0 Å². The summed E-state index contributed by atoms with van der Waals surface area (Å²) in [6.45, 7) is 16.3. The Bertz CT molecular complexity index is 546. The Morgan fingerprint density at radius 2 is 1.83 bits per heavy atom. The van der Waals surface area contributed by atoms with Gasteiger partial charge in [0.05, 0.1) is 28.8 Å². The Morgan fingerprint density at radius 3 is 2.26 bits per heavy atom. The second-order valence-electron chi connectivity index (χ2n) is 7.47. The fourth-order valence-corrected chi connectivity index (χ4v) is 4.49. The standard InChI is InChI=1S/C18H30O3SSi/c1-8-16(19)17(21-23(6,7)18(3,4)5)13-22(20)15-11-9-14(2)10-12-15/h8-12,16-17,19H,1,13H2,2-7H3/t16-,17-,22?/m1/s1. The Kier molecular flexibility index (Phi) is 6.95. The van der Waals surface area contributed by atoms with Crippen LogP contribution >= 0.6 is 0 Å². The lowest BCUT2D eigenvalue weighted by atomic mass is 10.2. The van der Waals surface area contributed by atoms with Gasteiger partial charge in [0, 0.05) is 4.90 Å². The third-order valence-electron chi connectivity index (χ3n) is 4.47. The first-order chi connectivity index (χ1) is 10.5. The molecule has 0 amide bonds. The average molecular weight is 355 g/mol. The molecule has 1 aromatic carbocycles. The van der Waals surface area contributed by atoms with Crippen LogP contribution in [0.2, 0.25) is 18.1 Å². The van der Waals surface area contributed by atoms with Crippen molar-refractivity contribution in [2.45, 2.75) is 62.9 Å². The predicted molar refractivity (Wildman–Crippen MR) is 101 cm³/mol. The average Bonchev–Trinajstić information content (AvgIpc) is 2.44. The van der Waals surface area contributed by atoms with Crippen LogP contribution in [0.3, 0.4) is 0 Å². The van der Waals surface area contributed by atoms with Crippen molar-refractivity contribution >= 4 is 19.1 Å². The van der Waals surface area contributed by atoms with Crippen molar-refractivity contribution in [2.24, 2.45) is 0 Å². The molecule has 0 heterocycles. The van der Waals surface area contributed by atoms with Crippen LogP contribution in [0.4, 0.5) is 0 Å². The topological polar surface area (TPSA) is 46.5 Å². The molecule has 0 saturated heterocycles. The number of aliphatic hydroxyl groups is 1. The first kappa shape index (κ1) is 20.3. The predicted octanol–water partition coefficient (Wildman–Crippen LogP) is 4.04. The zero-order valence-electron chi connectivity index (χ0n) is 15.1. The summed E-state index contributed by atoms with van der Waals surface area (Å²) in [6.07, 6.45) is 0.137. The molecule has 0 spiro atoms. The van der Waals surface area contributed by atoms with Crippen LogP contribution in [-0.2, 0) is 15.2 Å². The van der Waals surface area contributed by atoms with E-state index in [1.807, 2.05) is 31.2 Å². The Morgan fingerprint density at radius 1 is 1.30 bits per heavy atom. The Labute approximate surface area is 144 Å². The van der Waals surface area contributed by atoms with Gasteiger partial charge in [-0.25, -0.2) is 0 Å². The van der Waals surface area contributed by atoms with Crippen LogP contribution in [0.25, 0.3) is 0 Å². The summed E-state index contributed by atoms with van der Waals surface area (Å²) in [5.74, 6) is 0.267. The molecule has 3 atom stereocenters. The van der Waals surface area contributed by atoms with Gasteiger partial charge in [0.15, 0.2) is 8.32 Å². The molecule has 1 N–H and O–H groups in total. The second kappa shape index (κ2) is 7.88. The summed E-state index contributed by atoms with van der Waals surface area (Å²) in [4.78, 5) is 0.760. The monoisotopic (exact) mass is 354 g/mol. The van der Waals surface area contributed by atoms with Crippen molar-refractivity contribution in [2.75, 3.05) is 5.75 Å². The zero-order chi connectivity index (χ0) is 17.8. The smallest absolute Gasteiger partial charge is 0.192 e. The van der Waals surface area contributed by atoms with E-state index in [1.54, 1.807) is 0 Å². The van der Waals surface area contributed by atoms with Gasteiger partial charge < -0.3 is 9.53 Å². The van der Waals surface area contributed by atoms with Crippen LogP contribution in [0, 0.1) is 6.92 Å². The minimum Gasteiger partial charge on any atom is -0.410 e. The van der Waals surface area contributed by atoms with Crippen LogP contribution < -0.4 is 0 Å². The minimum absolute atomic E-state index is 0.0253. The highest BCUT2D eigenvalue weighted by molar-refractivity contribution is 7.85. The minimum atomic E-state index is -2.07. The SMILES string of the molecule is C=C[C@@H](O)[C@@H](CS(=O)c1ccc(C)cc1)O[Si](C)(C)C(C)(C)C. The van der Waals surface area contributed by atoms with Gasteiger partial charge in [-0.15, -0.1) is 6.58 Å². The van der Waals surface area contributed by atoms with Gasteiger partial charge in [-0.1, -0.05) is 44.5 Å². The maximum atomic E-state index is 12.6. The Hall–Kier alpha value is -0.753. The number of hydrogen-bond acceptors (Lipinski definition) is 3. The van der Waals surface area contributed by atoms with Crippen LogP contribution in [-0.4, -0.2) is 35.6 Å². The third-order valence-corrected chi connectivity index (χ3v) is 10.4. The molecule has 3 nitrogen and oxygen atoms in total. The molecule has 130 valence electrons. The van der Waals surface area contributed by atoms with Gasteiger partial charge in [-0.05, 0) is 37.2 Å². The van der Waals surface area contributed by atoms with E-state index in [9.17, 15) is 9.32 Å². The van der Waals surface area contributed by atoms with E-state index in [2.05, 4.69) is 40.4 Å². The lowest BCUT2D eigenvalue weighted by Gasteiger charge is -2.40. The van der Waals surface area contributed by atoms with E-state index in [1.165, 1.54) is 6.08 Å². The summed E-state index contributed by atoms with van der Waals surface area (Å²) < 4.78 is 18.9. The molecule has 23 heavy (non-hydrogen) atoms. The quantitative estimate of drug-likeness (QED) is 0.594. The highest BCUT2D eigenvalue weighted by Crippen LogP contribution is 2.37. The summed E-state index contributed by atoms with van der Waals surface area (Å²) in [6, 6.07) is 7.63. The van der Waals surface area contributed by atoms with E-state index >= 15 is 0 Å². The van der Waals surface area contributed by atoms with Gasteiger partial charge in [0.1, 0.15) is 0 Å². The van der Waals surface area contributed by atoms with Crippen LogP contribution in [0.5, 0.6) is 0 Å². The van der Waals surface area contributed by atoms with Gasteiger partial charge in [0.25, 0.3) is 0 Å². The van der Waals surface area contributed by atoms with Crippen molar-refractivity contribution in [3.63, 3.8) is 0 Å². The lowest BCUT2D eigenvalue weighted by molar-refractivity contribution is 0.0720. The van der Waals surface area contributed by atoms with E-state index in [4.69, 9.17) is 4.43 Å². The van der Waals surface area contributed by atoms with E-state index in [-0.39, 0.29) is 10.8 Å². The fraction of sp³-hybridized carbons (Fsp3) is 0.556. The van der Waals surface area contributed by atoms with Gasteiger partial charge in [0.2, 0.25) is 0 Å². The van der Waals surface area contributed by atoms with Crippen molar-refractivity contribution in [3.8, 4) is 0 Å². The second-order valence-corrected chi connectivity index (χ2v) is 13.7. The summed E-state index contributed by atoms with van der Waals surface area (Å²) in [5, 5.41) is 10.3. The van der Waals surface area contributed by atoms with Crippen molar-refractivity contribution < 1.29 is 13.7 Å². The zero-order valence-corrected chi connectivity index (χ0v) is 16.9. The number of aryl methyl sites for hydroxylation is 1. The number of hydrogen-bond donors (Lipinski definition) is 1. The van der Waals surface area contributed by atoms with E-state index < -0.39 is 31.3 Å². The Balaban J connectivity index is 2.93. The maximum absolute atomic E-state index is 12.6. The molecule has 5 heteroatoms. The fourth-order valence-electron chi connectivity index (χ4n) is 1.84. The molecule has 0 saturated carbocycles. The lowest BCUT2D eigenvalue weighted by Crippen LogP contribution is -2.48. The summed E-state index contributed by atoms with van der Waals surface area (Å²) in [5.41, 5.74) is 1.13. The summed E-state index contributed by atoms with van der Waals surface area (Å²) in [7, 11) is -3.28. The molecule has 0 aliphatic rings. The molecular formula is C18H30O3SSi. The first-order valence-corrected chi connectivity index (χ1v) is 12.1. The van der Waals surface area contributed by atoms with Crippen LogP contribution in [0.15, 0.2) is 41.8 Å². The molecular weight excluding hydrogens is 324 g/mol. The first-order valence-electron chi connectivity index (χ1n) is 7.91. The molecule has 0 radical (unpaired) electrons. The maximum Gasteiger partial charge on any atom is 0.192 e. The molecule has 0 aromatic heterocycles. The van der Waals surface area contributed by atoms with Crippen molar-refractivity contribution in [1.82, 2.24) is 0 Å². The largest absolute Gasteiger partial charge is 0.410 e. The van der Waals surface area contributed by atoms with Gasteiger partial charge in [-0.3, -0.25) is 4.21 Å². The summed E-state index contributed by atoms with van der Waals surface area (Å²) >= 11 is 0. The normalized spacial score (nSPS) is 16.7. The van der Waals surface area contributed by atoms with Crippen molar-refractivity contribution in [1.29, 1.82) is 0 Å². The molecule has 1 rings (SSSR count). The highest BCUT2D eigenvalue weighted by Gasteiger charge is 2.40. The molecule has 0 bridgehead atoms. The number of rotatable bonds is 7. The van der Waals surface area contributed by atoms with Crippen molar-refractivity contribution in [3.05, 3.63) is 42.5 Å².